The van der Waals surface area contributed by atoms with E-state index < -0.39 is 5.97 Å². The monoisotopic (exact) mass is 576 g/mol. The Bertz CT molecular complexity index is 1270. The molecule has 1 heterocycles. The Morgan fingerprint density at radius 2 is 1.67 bits per heavy atom. The average molecular weight is 577 g/mol. The fraction of sp³-hybridized carbons (Fsp3) is 0.515. The van der Waals surface area contributed by atoms with Crippen LogP contribution in [0.15, 0.2) is 54.6 Å². The van der Waals surface area contributed by atoms with E-state index >= 15 is 0 Å². The molecule has 4 rings (SSSR count). The number of nitrogens with zero attached hydrogens (tertiary/aromatic N) is 2. The summed E-state index contributed by atoms with van der Waals surface area (Å²) in [5.41, 5.74) is 1.30. The molecule has 1 aliphatic heterocycles. The van der Waals surface area contributed by atoms with Crippen molar-refractivity contribution in [3.05, 3.63) is 60.2 Å². The largest absolute Gasteiger partial charge is 0.460 e. The fourth-order valence-electron chi connectivity index (χ4n) is 5.72. The number of piperidine rings is 1. The zero-order valence-corrected chi connectivity index (χ0v) is 25.0. The van der Waals surface area contributed by atoms with Crippen LogP contribution in [0.3, 0.4) is 0 Å². The molecule has 1 saturated heterocycles. The molecule has 1 atom stereocenters. The highest BCUT2D eigenvalue weighted by Gasteiger charge is 2.36. The molecule has 0 bridgehead atoms. The molecule has 9 heteroatoms. The predicted octanol–water partition coefficient (Wildman–Crippen LogP) is 3.73. The van der Waals surface area contributed by atoms with Gasteiger partial charge in [-0.05, 0) is 62.8 Å². The van der Waals surface area contributed by atoms with Crippen LogP contribution in [0.1, 0.15) is 64.5 Å². The maximum atomic E-state index is 13.4. The summed E-state index contributed by atoms with van der Waals surface area (Å²) in [6, 6.07) is 15.1. The first-order valence-corrected chi connectivity index (χ1v) is 15.2. The van der Waals surface area contributed by atoms with Gasteiger partial charge in [-0.3, -0.25) is 19.3 Å². The Morgan fingerprint density at radius 1 is 0.952 bits per heavy atom. The van der Waals surface area contributed by atoms with E-state index in [2.05, 4.69) is 64.9 Å². The summed E-state index contributed by atoms with van der Waals surface area (Å²) in [6.45, 7) is 7.33. The molecule has 2 aromatic carbocycles. The van der Waals surface area contributed by atoms with Crippen LogP contribution in [0, 0.1) is 5.92 Å². The van der Waals surface area contributed by atoms with Gasteiger partial charge in [-0.2, -0.15) is 0 Å². The second kappa shape index (κ2) is 15.0. The number of nitrogens with one attached hydrogen (secondary N) is 2. The summed E-state index contributed by atoms with van der Waals surface area (Å²) in [5, 5.41) is 7.78. The number of fused-ring (bicyclic) bond motifs is 1. The standard InChI is InChI=1S/C33H44N4O5/c1-23(2)42-32(40)15-8-18-34-30(38)21-35-31(39)22-37(33(41)26-11-6-12-26)27-16-19-36(20-17-27)24(3)28-14-7-10-25-9-4-5-13-29(25)28/h4-5,7-10,13-15,23-24,26-27H,6,11-12,16-22H2,1-3H3,(H,34,38)(H,35,39)/b15-8+. The Balaban J connectivity index is 1.28. The third-order valence-corrected chi connectivity index (χ3v) is 8.28. The lowest BCUT2D eigenvalue weighted by Gasteiger charge is -2.42. The summed E-state index contributed by atoms with van der Waals surface area (Å²) < 4.78 is 4.99. The van der Waals surface area contributed by atoms with Gasteiger partial charge in [0.15, 0.2) is 0 Å². The van der Waals surface area contributed by atoms with Crippen molar-refractivity contribution in [2.45, 2.75) is 71.1 Å². The summed E-state index contributed by atoms with van der Waals surface area (Å²) >= 11 is 0. The molecule has 2 fully saturated rings. The molecular weight excluding hydrogens is 532 g/mol. The minimum Gasteiger partial charge on any atom is -0.460 e. The van der Waals surface area contributed by atoms with Gasteiger partial charge >= 0.3 is 5.97 Å². The highest BCUT2D eigenvalue weighted by molar-refractivity contribution is 5.89. The first-order chi connectivity index (χ1) is 20.2. The summed E-state index contributed by atoms with van der Waals surface area (Å²) in [5.74, 6) is -1.15. The van der Waals surface area contributed by atoms with Gasteiger partial charge in [-0.25, -0.2) is 4.79 Å². The molecule has 1 saturated carbocycles. The van der Waals surface area contributed by atoms with E-state index in [0.29, 0.717) is 0 Å². The summed E-state index contributed by atoms with van der Waals surface area (Å²) in [7, 11) is 0. The lowest BCUT2D eigenvalue weighted by Crippen LogP contribution is -2.53. The number of benzene rings is 2. The summed E-state index contributed by atoms with van der Waals surface area (Å²) in [4.78, 5) is 54.2. The van der Waals surface area contributed by atoms with Crippen LogP contribution in [0.25, 0.3) is 10.8 Å². The second-order valence-electron chi connectivity index (χ2n) is 11.6. The smallest absolute Gasteiger partial charge is 0.330 e. The van der Waals surface area contributed by atoms with E-state index in [1.54, 1.807) is 18.7 Å². The van der Waals surface area contributed by atoms with Crippen LogP contribution in [-0.2, 0) is 23.9 Å². The highest BCUT2D eigenvalue weighted by atomic mass is 16.5. The lowest BCUT2D eigenvalue weighted by molar-refractivity contribution is -0.145. The van der Waals surface area contributed by atoms with Gasteiger partial charge < -0.3 is 20.3 Å². The minimum absolute atomic E-state index is 0.00984. The van der Waals surface area contributed by atoms with Crippen molar-refractivity contribution in [3.8, 4) is 0 Å². The highest BCUT2D eigenvalue weighted by Crippen LogP contribution is 2.33. The number of carbonyl (C=O) groups excluding carboxylic acids is 4. The number of likely N-dealkylation sites (tertiary alicyclic amines) is 1. The van der Waals surface area contributed by atoms with Gasteiger partial charge in [0.25, 0.3) is 0 Å². The van der Waals surface area contributed by atoms with Crippen molar-refractivity contribution in [3.63, 3.8) is 0 Å². The normalized spacial score (nSPS) is 17.1. The Morgan fingerprint density at radius 3 is 2.36 bits per heavy atom. The first-order valence-electron chi connectivity index (χ1n) is 15.2. The summed E-state index contributed by atoms with van der Waals surface area (Å²) in [6.07, 6.45) is 6.92. The number of rotatable bonds is 12. The van der Waals surface area contributed by atoms with Crippen molar-refractivity contribution in [2.75, 3.05) is 32.7 Å². The Kier molecular flexibility index (Phi) is 11.1. The fourth-order valence-corrected chi connectivity index (χ4v) is 5.72. The second-order valence-corrected chi connectivity index (χ2v) is 11.6. The van der Waals surface area contributed by atoms with Crippen LogP contribution < -0.4 is 10.6 Å². The molecule has 42 heavy (non-hydrogen) atoms. The molecule has 226 valence electrons. The predicted molar refractivity (Wildman–Crippen MR) is 162 cm³/mol. The molecule has 3 amide bonds. The van der Waals surface area contributed by atoms with E-state index in [4.69, 9.17) is 4.74 Å². The van der Waals surface area contributed by atoms with Gasteiger partial charge in [-0.1, -0.05) is 55.0 Å². The van der Waals surface area contributed by atoms with Crippen LogP contribution >= 0.6 is 0 Å². The molecule has 2 aromatic rings. The molecule has 2 N–H and O–H groups in total. The molecule has 1 unspecified atom stereocenters. The molecule has 9 nitrogen and oxygen atoms in total. The third kappa shape index (κ3) is 8.41. The van der Waals surface area contributed by atoms with E-state index in [9.17, 15) is 19.2 Å². The minimum atomic E-state index is -0.474. The Labute approximate surface area is 248 Å². The van der Waals surface area contributed by atoms with Gasteiger partial charge in [0.1, 0.15) is 0 Å². The van der Waals surface area contributed by atoms with Crippen LogP contribution in [-0.4, -0.2) is 78.4 Å². The molecule has 0 radical (unpaired) electrons. The van der Waals surface area contributed by atoms with E-state index in [-0.39, 0.29) is 61.5 Å². The number of amides is 3. The first kappa shape index (κ1) is 31.2. The van der Waals surface area contributed by atoms with Gasteiger partial charge in [0.05, 0.1) is 19.2 Å². The van der Waals surface area contributed by atoms with Crippen molar-refractivity contribution in [1.82, 2.24) is 20.4 Å². The number of esters is 1. The van der Waals surface area contributed by atoms with E-state index in [0.717, 1.165) is 45.2 Å². The van der Waals surface area contributed by atoms with Crippen LogP contribution in [0.2, 0.25) is 0 Å². The lowest BCUT2D eigenvalue weighted by atomic mass is 9.83. The number of hydrogen-bond acceptors (Lipinski definition) is 6. The zero-order valence-electron chi connectivity index (χ0n) is 25.0. The van der Waals surface area contributed by atoms with Crippen LogP contribution in [0.4, 0.5) is 0 Å². The van der Waals surface area contributed by atoms with Gasteiger partial charge in [0.2, 0.25) is 17.7 Å². The molecule has 0 aromatic heterocycles. The number of ether oxygens (including phenoxy) is 1. The average Bonchev–Trinajstić information content (AvgIpc) is 2.95. The van der Waals surface area contributed by atoms with Crippen molar-refractivity contribution < 1.29 is 23.9 Å². The SMILES string of the molecule is CC(C)OC(=O)/C=C/CNC(=O)CNC(=O)CN(C(=O)C1CCC1)C1CCN(C(C)c2cccc3ccccc23)CC1. The van der Waals surface area contributed by atoms with Crippen molar-refractivity contribution in [2.24, 2.45) is 5.92 Å². The van der Waals surface area contributed by atoms with Gasteiger partial charge in [-0.15, -0.1) is 0 Å². The zero-order chi connectivity index (χ0) is 30.1. The quantitative estimate of drug-likeness (QED) is 0.295. The molecular formula is C33H44N4O5. The number of carbonyl (C=O) groups is 4. The van der Waals surface area contributed by atoms with Gasteiger partial charge in [0, 0.05) is 43.7 Å². The number of hydrogen-bond donors (Lipinski definition) is 2. The van der Waals surface area contributed by atoms with E-state index in [1.807, 2.05) is 0 Å². The Hall–Kier alpha value is -3.72. The maximum absolute atomic E-state index is 13.4. The maximum Gasteiger partial charge on any atom is 0.330 e. The molecule has 0 spiro atoms. The van der Waals surface area contributed by atoms with Crippen molar-refractivity contribution >= 4 is 34.5 Å². The van der Waals surface area contributed by atoms with Crippen molar-refractivity contribution in [1.29, 1.82) is 0 Å². The molecule has 2 aliphatic rings. The van der Waals surface area contributed by atoms with Crippen LogP contribution in [0.5, 0.6) is 0 Å². The third-order valence-electron chi connectivity index (χ3n) is 8.28. The van der Waals surface area contributed by atoms with E-state index in [1.165, 1.54) is 28.5 Å². The topological polar surface area (TPSA) is 108 Å². The molecule has 1 aliphatic carbocycles.